The second-order valence-electron chi connectivity index (χ2n) is 5.17. The van der Waals surface area contributed by atoms with Crippen molar-refractivity contribution >= 4 is 11.5 Å². The summed E-state index contributed by atoms with van der Waals surface area (Å²) in [7, 11) is 4.16. The molecule has 1 aliphatic rings. The average Bonchev–Trinajstić information content (AvgIpc) is 2.84. The molecule has 0 aliphatic carbocycles. The largest absolute Gasteiger partial charge is 0.394 e. The summed E-state index contributed by atoms with van der Waals surface area (Å²) in [6.45, 7) is 5.36. The molecule has 5 heteroatoms. The molecule has 0 saturated carbocycles. The predicted molar refractivity (Wildman–Crippen MR) is 71.4 cm³/mol. The van der Waals surface area contributed by atoms with Gasteiger partial charge >= 0.3 is 0 Å². The van der Waals surface area contributed by atoms with Crippen LogP contribution in [0.1, 0.15) is 25.8 Å². The Morgan fingerprint density at radius 2 is 2.06 bits per heavy atom. The van der Waals surface area contributed by atoms with Crippen molar-refractivity contribution in [3.63, 3.8) is 0 Å². The summed E-state index contributed by atoms with van der Waals surface area (Å²) in [6.07, 6.45) is 4.29. The van der Waals surface area contributed by atoms with E-state index in [1.54, 1.807) is 6.20 Å². The third-order valence-electron chi connectivity index (χ3n) is 3.25. The number of hydrogen-bond donors (Lipinski definition) is 1. The molecule has 5 nitrogen and oxygen atoms in total. The first-order valence-corrected chi connectivity index (χ1v) is 6.32. The fourth-order valence-corrected chi connectivity index (χ4v) is 2.55. The molecule has 96 valence electrons. The quantitative estimate of drug-likeness (QED) is 0.854. The first kappa shape index (κ1) is 12.2. The predicted octanol–water partition coefficient (Wildman–Crippen LogP) is 1.19. The van der Waals surface area contributed by atoms with E-state index in [0.29, 0.717) is 6.04 Å². The Morgan fingerprint density at radius 1 is 1.41 bits per heavy atom. The summed E-state index contributed by atoms with van der Waals surface area (Å²) in [5.41, 5.74) is 6.85. The van der Waals surface area contributed by atoms with Gasteiger partial charge in [-0.3, -0.25) is 0 Å². The van der Waals surface area contributed by atoms with Crippen LogP contribution in [0.2, 0.25) is 0 Å². The van der Waals surface area contributed by atoms with Crippen LogP contribution in [-0.2, 0) is 0 Å². The van der Waals surface area contributed by atoms with Crippen molar-refractivity contribution in [2.45, 2.75) is 25.8 Å². The lowest BCUT2D eigenvalue weighted by atomic mass is 10.3. The van der Waals surface area contributed by atoms with Gasteiger partial charge < -0.3 is 15.5 Å². The van der Waals surface area contributed by atoms with Crippen LogP contribution in [0.4, 0.5) is 11.5 Å². The SMILES string of the molecule is CC(CN(C)C)n1ncc(N)c1N1CCCC1. The molecule has 0 amide bonds. The second-order valence-corrected chi connectivity index (χ2v) is 5.17. The van der Waals surface area contributed by atoms with E-state index in [1.807, 2.05) is 0 Å². The molecule has 2 rings (SSSR count). The topological polar surface area (TPSA) is 50.3 Å². The normalized spacial score (nSPS) is 18.0. The average molecular weight is 237 g/mol. The van der Waals surface area contributed by atoms with Gasteiger partial charge in [-0.15, -0.1) is 0 Å². The maximum atomic E-state index is 6.05. The molecule has 0 spiro atoms. The molecule has 1 aromatic rings. The molecular formula is C12H23N5. The van der Waals surface area contributed by atoms with Crippen LogP contribution in [-0.4, -0.2) is 48.4 Å². The standard InChI is InChI=1S/C12H23N5/c1-10(9-15(2)3)17-12(11(13)8-14-17)16-6-4-5-7-16/h8,10H,4-7,9,13H2,1-3H3. The summed E-state index contributed by atoms with van der Waals surface area (Å²) in [6, 6.07) is 0.345. The second kappa shape index (κ2) is 4.96. The fourth-order valence-electron chi connectivity index (χ4n) is 2.55. The number of nitrogens with zero attached hydrogens (tertiary/aromatic N) is 4. The Balaban J connectivity index is 2.21. The fraction of sp³-hybridized carbons (Fsp3) is 0.750. The highest BCUT2D eigenvalue weighted by molar-refractivity contribution is 5.63. The molecule has 1 saturated heterocycles. The lowest BCUT2D eigenvalue weighted by Gasteiger charge is -2.24. The van der Waals surface area contributed by atoms with E-state index in [4.69, 9.17) is 5.73 Å². The van der Waals surface area contributed by atoms with Crippen LogP contribution in [0.15, 0.2) is 6.20 Å². The molecule has 17 heavy (non-hydrogen) atoms. The Hall–Kier alpha value is -1.23. The van der Waals surface area contributed by atoms with E-state index < -0.39 is 0 Å². The van der Waals surface area contributed by atoms with Crippen molar-refractivity contribution in [3.05, 3.63) is 6.20 Å². The highest BCUT2D eigenvalue weighted by atomic mass is 15.4. The lowest BCUT2D eigenvalue weighted by molar-refractivity contribution is 0.323. The van der Waals surface area contributed by atoms with E-state index in [1.165, 1.54) is 12.8 Å². The third-order valence-corrected chi connectivity index (χ3v) is 3.25. The summed E-state index contributed by atoms with van der Waals surface area (Å²) >= 11 is 0. The van der Waals surface area contributed by atoms with E-state index in [0.717, 1.165) is 31.1 Å². The maximum absolute atomic E-state index is 6.05. The zero-order chi connectivity index (χ0) is 12.4. The van der Waals surface area contributed by atoms with Crippen molar-refractivity contribution in [2.24, 2.45) is 0 Å². The van der Waals surface area contributed by atoms with Crippen LogP contribution in [0, 0.1) is 0 Å². The van der Waals surface area contributed by atoms with E-state index in [2.05, 4.69) is 40.6 Å². The minimum Gasteiger partial charge on any atom is -0.394 e. The van der Waals surface area contributed by atoms with Gasteiger partial charge in [0.15, 0.2) is 5.82 Å². The molecule has 0 radical (unpaired) electrons. The van der Waals surface area contributed by atoms with Gasteiger partial charge in [-0.25, -0.2) is 4.68 Å². The van der Waals surface area contributed by atoms with Gasteiger partial charge in [0, 0.05) is 19.6 Å². The molecule has 0 aromatic carbocycles. The molecule has 2 heterocycles. The van der Waals surface area contributed by atoms with Gasteiger partial charge in [0.1, 0.15) is 0 Å². The molecule has 1 aromatic heterocycles. The van der Waals surface area contributed by atoms with Crippen molar-refractivity contribution in [1.82, 2.24) is 14.7 Å². The molecule has 1 fully saturated rings. The number of nitrogens with two attached hydrogens (primary N) is 1. The zero-order valence-electron chi connectivity index (χ0n) is 11.1. The van der Waals surface area contributed by atoms with Gasteiger partial charge in [0.05, 0.1) is 17.9 Å². The van der Waals surface area contributed by atoms with Crippen LogP contribution >= 0.6 is 0 Å². The van der Waals surface area contributed by atoms with Crippen LogP contribution in [0.5, 0.6) is 0 Å². The lowest BCUT2D eigenvalue weighted by Crippen LogP contribution is -2.28. The van der Waals surface area contributed by atoms with Crippen molar-refractivity contribution in [3.8, 4) is 0 Å². The molecule has 1 atom stereocenters. The van der Waals surface area contributed by atoms with Crippen LogP contribution in [0.3, 0.4) is 0 Å². The van der Waals surface area contributed by atoms with Gasteiger partial charge in [-0.2, -0.15) is 5.10 Å². The highest BCUT2D eigenvalue weighted by Gasteiger charge is 2.22. The van der Waals surface area contributed by atoms with Crippen molar-refractivity contribution < 1.29 is 0 Å². The summed E-state index contributed by atoms with van der Waals surface area (Å²) < 4.78 is 2.07. The molecular weight excluding hydrogens is 214 g/mol. The smallest absolute Gasteiger partial charge is 0.150 e. The number of anilines is 2. The van der Waals surface area contributed by atoms with E-state index in [-0.39, 0.29) is 0 Å². The first-order chi connectivity index (χ1) is 8.09. The molecule has 0 bridgehead atoms. The number of likely N-dealkylation sites (N-methyl/N-ethyl adjacent to an activating group) is 1. The van der Waals surface area contributed by atoms with Gasteiger partial charge in [-0.05, 0) is 33.9 Å². The molecule has 1 aliphatic heterocycles. The van der Waals surface area contributed by atoms with Crippen LogP contribution < -0.4 is 10.6 Å². The maximum Gasteiger partial charge on any atom is 0.150 e. The zero-order valence-corrected chi connectivity index (χ0v) is 11.1. The van der Waals surface area contributed by atoms with Crippen molar-refractivity contribution in [2.75, 3.05) is 44.4 Å². The van der Waals surface area contributed by atoms with Gasteiger partial charge in [0.2, 0.25) is 0 Å². The Kier molecular flexibility index (Phi) is 3.57. The van der Waals surface area contributed by atoms with Crippen LogP contribution in [0.25, 0.3) is 0 Å². The minimum absolute atomic E-state index is 0.345. The summed E-state index contributed by atoms with van der Waals surface area (Å²) in [5.74, 6) is 1.11. The van der Waals surface area contributed by atoms with Gasteiger partial charge in [0.25, 0.3) is 0 Å². The summed E-state index contributed by atoms with van der Waals surface area (Å²) in [5, 5.41) is 4.44. The Bertz CT molecular complexity index is 365. The number of nitrogen functional groups attached to an aromatic ring is 1. The summed E-state index contributed by atoms with van der Waals surface area (Å²) in [4.78, 5) is 4.53. The number of rotatable bonds is 4. The first-order valence-electron chi connectivity index (χ1n) is 6.32. The highest BCUT2D eigenvalue weighted by Crippen LogP contribution is 2.29. The number of hydrogen-bond acceptors (Lipinski definition) is 4. The minimum atomic E-state index is 0.345. The van der Waals surface area contributed by atoms with Crippen molar-refractivity contribution in [1.29, 1.82) is 0 Å². The van der Waals surface area contributed by atoms with E-state index in [9.17, 15) is 0 Å². The monoisotopic (exact) mass is 237 g/mol. The van der Waals surface area contributed by atoms with Gasteiger partial charge in [-0.1, -0.05) is 0 Å². The molecule has 2 N–H and O–H groups in total. The number of aromatic nitrogens is 2. The third kappa shape index (κ3) is 2.54. The Morgan fingerprint density at radius 3 is 2.65 bits per heavy atom. The van der Waals surface area contributed by atoms with E-state index >= 15 is 0 Å². The Labute approximate surface area is 103 Å². The molecule has 1 unspecified atom stereocenters.